The summed E-state index contributed by atoms with van der Waals surface area (Å²) in [6.45, 7) is 62.3. The topological polar surface area (TPSA) is 245 Å². The number of aliphatic hydroxyl groups excluding tert-OH is 2. The molecular formula is C100H199N9O11. The standard InChI is InChI=1S/C40H78N2O6.C24H48N4O2.C13H20N2O.C13H28O2.C6H15N.C4H10/c1-8-34(22-14-10-18-26-45-6)24-16-12-20-28-47-37(43)41-33-40(5)31-36(30-39(3,4)32-40)42-38(44)48-29-21-13-17-25-35(9-2)23-15-11-19-27-46-7;1-16(2)27(17(3)4)21(29)25-15-24(11)13-20(12-23(9,10)14-24)26-22(30)28(18(5)6)19(7)8;1-10(2)15(11(3)4)13(16)14-12-8-6-5-7-9-12;1-2-13(9-5-3-7-11-14)10-6-4-8-12-15;1-5(2)7-6(3)4;1-3-4-2/h34-36H,8-33H2,1-7H3,(H,41,43)(H,42,44);16-20H,12-15H2,1-11H3,(H,25,29)(H,26,30);5-11H,1-4H3,(H,14,16);13-15H,2-12H2,1H3;5-7H,1-4H3;3-4H2,1-2H3. The predicted octanol–water partition coefficient (Wildman–Crippen LogP) is 25.5. The molecule has 8 N–H and O–H groups in total. The van der Waals surface area contributed by atoms with Crippen LogP contribution in [-0.2, 0) is 18.9 Å². The van der Waals surface area contributed by atoms with Crippen molar-refractivity contribution < 1.29 is 53.1 Å². The summed E-state index contributed by atoms with van der Waals surface area (Å²) in [5.74, 6) is 2.47. The molecule has 0 bridgehead atoms. The summed E-state index contributed by atoms with van der Waals surface area (Å²) in [5.41, 5.74) is 0.799. The highest BCUT2D eigenvalue weighted by Gasteiger charge is 2.44. The van der Waals surface area contributed by atoms with Gasteiger partial charge in [-0.2, -0.15) is 0 Å². The van der Waals surface area contributed by atoms with Gasteiger partial charge in [0.1, 0.15) is 0 Å². The number of hydrogen-bond acceptors (Lipinski definition) is 12. The monoisotopic (exact) mass is 1700 g/mol. The van der Waals surface area contributed by atoms with Crippen LogP contribution < -0.4 is 31.9 Å². The van der Waals surface area contributed by atoms with Crippen LogP contribution in [0.5, 0.6) is 0 Å². The molecule has 2 saturated carbocycles. The summed E-state index contributed by atoms with van der Waals surface area (Å²) in [5, 5.41) is 36.2. The van der Waals surface area contributed by atoms with E-state index >= 15 is 0 Å². The molecule has 2 fully saturated rings. The van der Waals surface area contributed by atoms with Crippen LogP contribution in [0.25, 0.3) is 0 Å². The summed E-state index contributed by atoms with van der Waals surface area (Å²) in [4.78, 5) is 68.6. The fraction of sp³-hybridized carbons (Fsp3) is 0.890. The lowest BCUT2D eigenvalue weighted by atomic mass is 9.62. The smallest absolute Gasteiger partial charge is 0.407 e. The first-order chi connectivity index (χ1) is 56.5. The number of rotatable bonds is 53. The summed E-state index contributed by atoms with van der Waals surface area (Å²) in [6, 6.07) is 11.9. The molecule has 3 rings (SSSR count). The van der Waals surface area contributed by atoms with E-state index < -0.39 is 0 Å². The van der Waals surface area contributed by atoms with E-state index in [0.29, 0.717) is 51.6 Å². The third-order valence-electron chi connectivity index (χ3n) is 23.3. The van der Waals surface area contributed by atoms with Crippen LogP contribution in [0.15, 0.2) is 30.3 Å². The first-order valence-corrected chi connectivity index (χ1v) is 48.6. The van der Waals surface area contributed by atoms with Crippen molar-refractivity contribution in [3.63, 3.8) is 0 Å². The zero-order valence-electron chi connectivity index (χ0n) is 83.7. The van der Waals surface area contributed by atoms with E-state index in [1.807, 2.05) is 100 Å². The Morgan fingerprint density at radius 2 is 0.708 bits per heavy atom. The number of alkyl carbamates (subject to hydrolysis) is 2. The lowest BCUT2D eigenvalue weighted by Gasteiger charge is -2.47. The summed E-state index contributed by atoms with van der Waals surface area (Å²) in [7, 11) is 3.54. The van der Waals surface area contributed by atoms with Gasteiger partial charge in [0.05, 0.1) is 13.2 Å². The number of amides is 8. The number of nitrogens with zero attached hydrogens (tertiary/aromatic N) is 3. The van der Waals surface area contributed by atoms with Crippen molar-refractivity contribution in [2.45, 2.75) is 472 Å². The molecule has 0 spiro atoms. The number of para-hydroxylation sites is 1. The van der Waals surface area contributed by atoms with Gasteiger partial charge in [0.25, 0.3) is 0 Å². The minimum atomic E-state index is -0.335. The van der Waals surface area contributed by atoms with Gasteiger partial charge in [0, 0.05) is 120 Å². The molecule has 0 aliphatic heterocycles. The third kappa shape index (κ3) is 63.3. The highest BCUT2D eigenvalue weighted by molar-refractivity contribution is 5.89. The average molecular weight is 1700 g/mol. The molecular weight excluding hydrogens is 1500 g/mol. The fourth-order valence-corrected chi connectivity index (χ4v) is 18.1. The number of benzene rings is 1. The maximum atomic E-state index is 13.0. The Morgan fingerprint density at radius 3 is 1.02 bits per heavy atom. The van der Waals surface area contributed by atoms with Gasteiger partial charge in [-0.25, -0.2) is 24.0 Å². The molecule has 6 atom stereocenters. The van der Waals surface area contributed by atoms with E-state index in [1.54, 1.807) is 14.2 Å². The normalized spacial score (nSPS) is 17.7. The second-order valence-corrected chi connectivity index (χ2v) is 39.8. The summed E-state index contributed by atoms with van der Waals surface area (Å²) >= 11 is 0. The summed E-state index contributed by atoms with van der Waals surface area (Å²) < 4.78 is 21.4. The highest BCUT2D eigenvalue weighted by atomic mass is 16.6. The van der Waals surface area contributed by atoms with Crippen LogP contribution in [0.2, 0.25) is 0 Å². The van der Waals surface area contributed by atoms with Crippen molar-refractivity contribution in [3.8, 4) is 0 Å². The fourth-order valence-electron chi connectivity index (χ4n) is 18.1. The number of hydrogen-bond donors (Lipinski definition) is 8. The molecule has 120 heavy (non-hydrogen) atoms. The second-order valence-electron chi connectivity index (χ2n) is 39.8. The van der Waals surface area contributed by atoms with Crippen LogP contribution >= 0.6 is 0 Å². The molecule has 0 radical (unpaired) electrons. The van der Waals surface area contributed by atoms with E-state index in [0.717, 1.165) is 127 Å². The number of anilines is 1. The molecule has 1 aromatic rings. The van der Waals surface area contributed by atoms with Crippen molar-refractivity contribution in [2.75, 3.05) is 72.3 Å². The largest absolute Gasteiger partial charge is 0.450 e. The Morgan fingerprint density at radius 1 is 0.392 bits per heavy atom. The maximum Gasteiger partial charge on any atom is 0.407 e. The third-order valence-corrected chi connectivity index (χ3v) is 23.3. The molecule has 8 amide bonds. The number of carbonyl (C=O) groups excluding carboxylic acids is 5. The molecule has 1 aromatic carbocycles. The van der Waals surface area contributed by atoms with Gasteiger partial charge in [-0.15, -0.1) is 0 Å². The molecule has 20 nitrogen and oxygen atoms in total. The van der Waals surface area contributed by atoms with Gasteiger partial charge in [-0.3, -0.25) is 0 Å². The van der Waals surface area contributed by atoms with E-state index in [4.69, 9.17) is 29.2 Å². The van der Waals surface area contributed by atoms with Gasteiger partial charge in [-0.1, -0.05) is 270 Å². The van der Waals surface area contributed by atoms with Gasteiger partial charge in [0.15, 0.2) is 0 Å². The first kappa shape index (κ1) is 120. The quantitative estimate of drug-likeness (QED) is 0.0284. The van der Waals surface area contributed by atoms with Crippen molar-refractivity contribution >= 4 is 36.0 Å². The number of urea groups is 3. The van der Waals surface area contributed by atoms with Gasteiger partial charge >= 0.3 is 30.3 Å². The van der Waals surface area contributed by atoms with Gasteiger partial charge < -0.3 is 75.8 Å². The van der Waals surface area contributed by atoms with Crippen molar-refractivity contribution in [1.82, 2.24) is 41.3 Å². The van der Waals surface area contributed by atoms with Gasteiger partial charge in [-0.05, 0) is 212 Å². The Hall–Kier alpha value is -4.63. The molecule has 2 aliphatic carbocycles. The number of ether oxygens (including phenoxy) is 4. The summed E-state index contributed by atoms with van der Waals surface area (Å²) in [6.07, 6.45) is 39.7. The van der Waals surface area contributed by atoms with E-state index in [9.17, 15) is 24.0 Å². The molecule has 20 heteroatoms. The molecule has 0 aromatic heterocycles. The van der Waals surface area contributed by atoms with Crippen LogP contribution in [0.3, 0.4) is 0 Å². The second kappa shape index (κ2) is 71.5. The van der Waals surface area contributed by atoms with Crippen LogP contribution in [0.1, 0.15) is 412 Å². The van der Waals surface area contributed by atoms with Crippen LogP contribution in [0.4, 0.5) is 29.7 Å². The average Bonchev–Trinajstić information content (AvgIpc) is 0.803. The van der Waals surface area contributed by atoms with Crippen molar-refractivity contribution in [3.05, 3.63) is 30.3 Å². The predicted molar refractivity (Wildman–Crippen MR) is 511 cm³/mol. The number of unbranched alkanes of at least 4 members (excludes halogenated alkanes) is 13. The van der Waals surface area contributed by atoms with E-state index in [-0.39, 0.29) is 100 Å². The molecule has 710 valence electrons. The zero-order valence-corrected chi connectivity index (χ0v) is 83.7. The molecule has 2 aliphatic rings. The Kier molecular flexibility index (Phi) is 71.2. The van der Waals surface area contributed by atoms with Crippen LogP contribution in [0, 0.1) is 39.4 Å². The van der Waals surface area contributed by atoms with E-state index in [2.05, 4.69) is 163 Å². The Labute approximate surface area is 740 Å². The molecule has 6 unspecified atom stereocenters. The Bertz CT molecular complexity index is 2570. The zero-order chi connectivity index (χ0) is 91.7. The van der Waals surface area contributed by atoms with Gasteiger partial charge in [0.2, 0.25) is 0 Å². The molecule has 0 heterocycles. The minimum Gasteiger partial charge on any atom is -0.450 e. The van der Waals surface area contributed by atoms with Crippen LogP contribution in [-0.4, -0.2) is 183 Å². The Balaban J connectivity index is -0.00000160. The van der Waals surface area contributed by atoms with Crippen molar-refractivity contribution in [2.24, 2.45) is 39.4 Å². The first-order valence-electron chi connectivity index (χ1n) is 48.6. The number of methoxy groups -OCH3 is 2. The van der Waals surface area contributed by atoms with E-state index in [1.165, 1.54) is 135 Å². The minimum absolute atomic E-state index is 0.00372. The van der Waals surface area contributed by atoms with Crippen molar-refractivity contribution in [1.29, 1.82) is 0 Å². The number of aliphatic hydroxyl groups is 2. The highest BCUT2D eigenvalue weighted by Crippen LogP contribution is 2.47. The molecule has 0 saturated heterocycles. The number of carbonyl (C=O) groups is 5. The lowest BCUT2D eigenvalue weighted by molar-refractivity contribution is 0.0620. The lowest BCUT2D eigenvalue weighted by Crippen LogP contribution is -2.56. The maximum absolute atomic E-state index is 13.0. The SMILES string of the molecule is CC(C)N(C(=O)NCC1(C)CC(NC(=O)N(C(C)C)C(C)C)CC(C)(C)C1)C(C)C.CC(C)N(C(=O)Nc1ccccc1)C(C)C.CC(C)NC(C)C.CCC(CCCCCO)CCCCCO.CCC(CCCCCOC)CCCCCOC(=O)NCC1(C)CC(NC(=O)OCCCCCC(CC)CCCCCOC)CC(C)(C)C1.CCCC. The number of nitrogens with one attached hydrogen (secondary N) is 6.